The van der Waals surface area contributed by atoms with Crippen molar-refractivity contribution in [3.05, 3.63) is 70.9 Å². The summed E-state index contributed by atoms with van der Waals surface area (Å²) in [6, 6.07) is 12.2. The number of rotatable bonds is 7. The fourth-order valence-corrected chi connectivity index (χ4v) is 4.72. The maximum absolute atomic E-state index is 15.2. The number of fused-ring (bicyclic) bond motifs is 1. The number of carbonyl (C=O) groups excluding carboxylic acids is 1. The molecule has 12 heteroatoms. The number of aromatic amines is 1. The van der Waals surface area contributed by atoms with E-state index in [9.17, 15) is 15.0 Å². The first-order valence-electron chi connectivity index (χ1n) is 12.3. The van der Waals surface area contributed by atoms with Crippen LogP contribution in [0.2, 0.25) is 5.02 Å². The lowest BCUT2D eigenvalue weighted by Gasteiger charge is -2.34. The number of likely N-dealkylation sites (N-methyl/N-ethyl adjacent to an activating group) is 1. The van der Waals surface area contributed by atoms with Gasteiger partial charge in [0.25, 0.3) is 5.91 Å². The maximum atomic E-state index is 15.2. The summed E-state index contributed by atoms with van der Waals surface area (Å²) in [7, 11) is 1.88. The van der Waals surface area contributed by atoms with Gasteiger partial charge in [-0.1, -0.05) is 29.8 Å². The van der Waals surface area contributed by atoms with Gasteiger partial charge in [-0.3, -0.25) is 4.79 Å². The van der Waals surface area contributed by atoms with Crippen LogP contribution in [0.4, 0.5) is 14.5 Å². The topological polar surface area (TPSA) is 118 Å². The van der Waals surface area contributed by atoms with Gasteiger partial charge in [0.1, 0.15) is 11.4 Å². The number of aromatic nitrogens is 3. The highest BCUT2D eigenvalue weighted by Gasteiger charge is 2.44. The zero-order valence-corrected chi connectivity index (χ0v) is 21.8. The number of piperazine rings is 1. The molecule has 2 aromatic heterocycles. The number of aromatic hydroxyl groups is 1. The van der Waals surface area contributed by atoms with Crippen LogP contribution in [-0.4, -0.2) is 80.6 Å². The number of hydrogen-bond acceptors (Lipinski definition) is 7. The summed E-state index contributed by atoms with van der Waals surface area (Å²) in [5, 5.41) is 24.7. The minimum atomic E-state index is -3.72. The van der Waals surface area contributed by atoms with Crippen molar-refractivity contribution in [3.63, 3.8) is 0 Å². The Labute approximate surface area is 228 Å². The van der Waals surface area contributed by atoms with Gasteiger partial charge >= 0.3 is 5.92 Å². The van der Waals surface area contributed by atoms with Crippen molar-refractivity contribution >= 4 is 34.2 Å². The van der Waals surface area contributed by atoms with E-state index in [1.165, 1.54) is 29.3 Å². The van der Waals surface area contributed by atoms with Crippen molar-refractivity contribution in [1.29, 1.82) is 0 Å². The SMILES string of the molecule is CN1CCN(C(=O)C(F)(F)c2ccc3[nH]c(-c4c(NC[C@H](O)c5cccc(Cl)c5)ccnc4O)nc3c2)CC1. The van der Waals surface area contributed by atoms with E-state index >= 15 is 8.78 Å². The van der Waals surface area contributed by atoms with E-state index in [0.717, 1.165) is 0 Å². The average Bonchev–Trinajstić information content (AvgIpc) is 3.34. The normalized spacial score (nSPS) is 15.5. The van der Waals surface area contributed by atoms with Crippen molar-refractivity contribution in [3.8, 4) is 17.3 Å². The van der Waals surface area contributed by atoms with Gasteiger partial charge in [0.2, 0.25) is 5.88 Å². The van der Waals surface area contributed by atoms with Gasteiger partial charge in [0.15, 0.2) is 0 Å². The number of anilines is 1. The molecule has 0 radical (unpaired) electrons. The number of imidazole rings is 1. The van der Waals surface area contributed by atoms with Crippen LogP contribution in [0.3, 0.4) is 0 Å². The van der Waals surface area contributed by atoms with Crippen molar-refractivity contribution in [2.45, 2.75) is 12.0 Å². The molecule has 1 aliphatic heterocycles. The number of aliphatic hydroxyl groups excluding tert-OH is 1. The van der Waals surface area contributed by atoms with Crippen LogP contribution in [0, 0.1) is 0 Å². The second-order valence-corrected chi connectivity index (χ2v) is 9.93. The fourth-order valence-electron chi connectivity index (χ4n) is 4.52. The van der Waals surface area contributed by atoms with E-state index in [4.69, 9.17) is 11.6 Å². The summed E-state index contributed by atoms with van der Waals surface area (Å²) in [5.74, 6) is -5.11. The molecule has 0 unspecified atom stereocenters. The number of hydrogen-bond donors (Lipinski definition) is 4. The van der Waals surface area contributed by atoms with Gasteiger partial charge in [0, 0.05) is 49.5 Å². The van der Waals surface area contributed by atoms with Crippen LogP contribution >= 0.6 is 11.6 Å². The zero-order chi connectivity index (χ0) is 27.7. The highest BCUT2D eigenvalue weighted by Crippen LogP contribution is 2.36. The van der Waals surface area contributed by atoms with Crippen LogP contribution in [0.15, 0.2) is 54.7 Å². The molecule has 3 heterocycles. The predicted molar refractivity (Wildman–Crippen MR) is 144 cm³/mol. The molecule has 9 nitrogen and oxygen atoms in total. The minimum Gasteiger partial charge on any atom is -0.493 e. The van der Waals surface area contributed by atoms with Crippen LogP contribution in [0.5, 0.6) is 5.88 Å². The first kappa shape index (κ1) is 26.8. The molecule has 0 bridgehead atoms. The number of alkyl halides is 2. The lowest BCUT2D eigenvalue weighted by atomic mass is 10.1. The first-order valence-corrected chi connectivity index (χ1v) is 12.7. The smallest absolute Gasteiger partial charge is 0.350 e. The number of nitrogens with zero attached hydrogens (tertiary/aromatic N) is 4. The van der Waals surface area contributed by atoms with Crippen molar-refractivity contribution in [2.24, 2.45) is 0 Å². The van der Waals surface area contributed by atoms with Crippen molar-refractivity contribution in [2.75, 3.05) is 45.1 Å². The number of halogens is 3. The summed E-state index contributed by atoms with van der Waals surface area (Å²) < 4.78 is 30.4. The lowest BCUT2D eigenvalue weighted by Crippen LogP contribution is -2.51. The monoisotopic (exact) mass is 556 g/mol. The van der Waals surface area contributed by atoms with Crippen LogP contribution in [-0.2, 0) is 10.7 Å². The molecular formula is C27H27ClF2N6O3. The van der Waals surface area contributed by atoms with Gasteiger partial charge in [-0.2, -0.15) is 8.78 Å². The molecule has 4 N–H and O–H groups in total. The minimum absolute atomic E-state index is 0.0851. The molecule has 4 aromatic rings. The van der Waals surface area contributed by atoms with Gasteiger partial charge < -0.3 is 30.3 Å². The average molecular weight is 557 g/mol. The third-order valence-corrected chi connectivity index (χ3v) is 7.03. The molecule has 5 rings (SSSR count). The molecule has 39 heavy (non-hydrogen) atoms. The quantitative estimate of drug-likeness (QED) is 0.272. The van der Waals surface area contributed by atoms with E-state index in [-0.39, 0.29) is 42.4 Å². The molecule has 1 fully saturated rings. The van der Waals surface area contributed by atoms with Gasteiger partial charge in [-0.15, -0.1) is 0 Å². The Morgan fingerprint density at radius 1 is 1.18 bits per heavy atom. The molecule has 0 aliphatic carbocycles. The summed E-state index contributed by atoms with van der Waals surface area (Å²) in [4.78, 5) is 27.2. The lowest BCUT2D eigenvalue weighted by molar-refractivity contribution is -0.160. The third kappa shape index (κ3) is 5.51. The molecule has 0 saturated carbocycles. The molecule has 204 valence electrons. The summed E-state index contributed by atoms with van der Waals surface area (Å²) in [5.41, 5.74) is 1.40. The Kier molecular flexibility index (Phi) is 7.39. The largest absolute Gasteiger partial charge is 0.493 e. The van der Waals surface area contributed by atoms with Gasteiger partial charge in [-0.25, -0.2) is 9.97 Å². The Hall–Kier alpha value is -3.80. The second-order valence-electron chi connectivity index (χ2n) is 9.50. The van der Waals surface area contributed by atoms with E-state index in [0.29, 0.717) is 34.9 Å². The molecular weight excluding hydrogens is 530 g/mol. The molecule has 0 spiro atoms. The third-order valence-electron chi connectivity index (χ3n) is 6.79. The Morgan fingerprint density at radius 2 is 1.95 bits per heavy atom. The highest BCUT2D eigenvalue weighted by atomic mass is 35.5. The van der Waals surface area contributed by atoms with Crippen LogP contribution in [0.25, 0.3) is 22.4 Å². The van der Waals surface area contributed by atoms with E-state index in [1.807, 2.05) is 11.9 Å². The molecule has 1 amide bonds. The first-order chi connectivity index (χ1) is 18.6. The Morgan fingerprint density at radius 3 is 2.69 bits per heavy atom. The van der Waals surface area contributed by atoms with Crippen molar-refractivity contribution < 1.29 is 23.8 Å². The summed E-state index contributed by atoms with van der Waals surface area (Å²) >= 11 is 6.02. The number of benzene rings is 2. The second kappa shape index (κ2) is 10.8. The fraction of sp³-hybridized carbons (Fsp3) is 0.296. The number of pyridine rings is 1. The van der Waals surface area contributed by atoms with Crippen molar-refractivity contribution in [1.82, 2.24) is 24.8 Å². The molecule has 1 saturated heterocycles. The van der Waals surface area contributed by atoms with Gasteiger partial charge in [0.05, 0.1) is 22.8 Å². The summed E-state index contributed by atoms with van der Waals surface area (Å²) in [6.45, 7) is 1.63. The predicted octanol–water partition coefficient (Wildman–Crippen LogP) is 4.00. The Balaban J connectivity index is 1.40. The number of H-pyrrole nitrogens is 1. The molecule has 1 atom stereocenters. The van der Waals surface area contributed by atoms with Crippen LogP contribution in [0.1, 0.15) is 17.2 Å². The standard InChI is InChI=1S/C27H27ClF2N6O3/c1-35-9-11-36(12-10-35)26(39)27(29,30)17-5-6-19-21(14-17)34-24(33-19)23-20(7-8-31-25(23)38)32-15-22(37)16-3-2-4-18(28)13-16/h2-8,13-14,22,37H,9-12,15H2,1H3,(H,33,34)(H2,31,32,38)/t22-/m0/s1. The number of carbonyl (C=O) groups is 1. The zero-order valence-electron chi connectivity index (χ0n) is 21.0. The van der Waals surface area contributed by atoms with E-state index in [2.05, 4.69) is 20.3 Å². The van der Waals surface area contributed by atoms with Crippen LogP contribution < -0.4 is 5.32 Å². The maximum Gasteiger partial charge on any atom is 0.350 e. The van der Waals surface area contributed by atoms with E-state index in [1.54, 1.807) is 30.3 Å². The number of aliphatic hydroxyl groups is 1. The van der Waals surface area contributed by atoms with E-state index < -0.39 is 23.5 Å². The Bertz CT molecular complexity index is 1510. The number of nitrogens with one attached hydrogen (secondary N) is 2. The molecule has 1 aliphatic rings. The molecule has 2 aromatic carbocycles. The highest BCUT2D eigenvalue weighted by molar-refractivity contribution is 6.30. The number of amides is 1. The van der Waals surface area contributed by atoms with Gasteiger partial charge in [-0.05, 0) is 42.9 Å². The summed E-state index contributed by atoms with van der Waals surface area (Å²) in [6.07, 6.45) is 0.489.